The van der Waals surface area contributed by atoms with Crippen molar-refractivity contribution in [2.75, 3.05) is 5.01 Å². The van der Waals surface area contributed by atoms with Crippen molar-refractivity contribution in [3.05, 3.63) is 29.8 Å². The van der Waals surface area contributed by atoms with Crippen LogP contribution in [0.25, 0.3) is 0 Å². The standard InChI is InChI=1S/C13H18N2O/c1-10-6-8-12(9-7-10)15(14)13(16)11-4-2-3-5-11/h6-9,11H,2-5,14H2,1H3. The molecule has 1 aliphatic rings. The zero-order valence-electron chi connectivity index (χ0n) is 9.65. The average Bonchev–Trinajstić information content (AvgIpc) is 2.81. The highest BCUT2D eigenvalue weighted by Crippen LogP contribution is 2.27. The summed E-state index contributed by atoms with van der Waals surface area (Å²) < 4.78 is 0. The Balaban J connectivity index is 2.08. The van der Waals surface area contributed by atoms with Crippen LogP contribution in [-0.2, 0) is 4.79 Å². The highest BCUT2D eigenvalue weighted by atomic mass is 16.2. The van der Waals surface area contributed by atoms with Crippen molar-refractivity contribution in [1.29, 1.82) is 0 Å². The van der Waals surface area contributed by atoms with Gasteiger partial charge in [-0.25, -0.2) is 10.9 Å². The van der Waals surface area contributed by atoms with Gasteiger partial charge in [-0.05, 0) is 31.9 Å². The first-order chi connectivity index (χ1) is 7.68. The Bertz CT molecular complexity index is 366. The zero-order valence-corrected chi connectivity index (χ0v) is 9.65. The maximum Gasteiger partial charge on any atom is 0.244 e. The van der Waals surface area contributed by atoms with Crippen molar-refractivity contribution in [2.24, 2.45) is 11.8 Å². The summed E-state index contributed by atoms with van der Waals surface area (Å²) in [7, 11) is 0. The monoisotopic (exact) mass is 218 g/mol. The summed E-state index contributed by atoms with van der Waals surface area (Å²) in [4.78, 5) is 12.0. The number of nitrogens with two attached hydrogens (primary N) is 1. The molecule has 3 heteroatoms. The van der Waals surface area contributed by atoms with E-state index >= 15 is 0 Å². The van der Waals surface area contributed by atoms with E-state index in [0.717, 1.165) is 31.4 Å². The largest absolute Gasteiger partial charge is 0.273 e. The van der Waals surface area contributed by atoms with Crippen molar-refractivity contribution in [2.45, 2.75) is 32.6 Å². The predicted octanol–water partition coefficient (Wildman–Crippen LogP) is 2.39. The minimum absolute atomic E-state index is 0.0568. The Morgan fingerprint density at radius 3 is 2.38 bits per heavy atom. The molecule has 2 N–H and O–H groups in total. The van der Waals surface area contributed by atoms with E-state index in [2.05, 4.69) is 0 Å². The Morgan fingerprint density at radius 1 is 1.25 bits per heavy atom. The molecule has 0 radical (unpaired) electrons. The van der Waals surface area contributed by atoms with Gasteiger partial charge >= 0.3 is 0 Å². The second-order valence-corrected chi connectivity index (χ2v) is 4.53. The number of carbonyl (C=O) groups excluding carboxylic acids is 1. The van der Waals surface area contributed by atoms with Gasteiger partial charge in [0.15, 0.2) is 0 Å². The van der Waals surface area contributed by atoms with E-state index in [9.17, 15) is 4.79 Å². The van der Waals surface area contributed by atoms with Crippen LogP contribution in [0.1, 0.15) is 31.2 Å². The van der Waals surface area contributed by atoms with Gasteiger partial charge < -0.3 is 0 Å². The molecule has 1 amide bonds. The number of nitrogens with zero attached hydrogens (tertiary/aromatic N) is 1. The quantitative estimate of drug-likeness (QED) is 0.470. The highest BCUT2D eigenvalue weighted by molar-refractivity contribution is 5.94. The van der Waals surface area contributed by atoms with Crippen LogP contribution >= 0.6 is 0 Å². The molecule has 2 rings (SSSR count). The summed E-state index contributed by atoms with van der Waals surface area (Å²) in [6, 6.07) is 7.72. The van der Waals surface area contributed by atoms with E-state index in [1.807, 2.05) is 31.2 Å². The third kappa shape index (κ3) is 2.25. The third-order valence-corrected chi connectivity index (χ3v) is 3.25. The second-order valence-electron chi connectivity index (χ2n) is 4.53. The fourth-order valence-electron chi connectivity index (χ4n) is 2.20. The first-order valence-electron chi connectivity index (χ1n) is 5.84. The lowest BCUT2D eigenvalue weighted by Gasteiger charge is -2.20. The smallest absolute Gasteiger partial charge is 0.244 e. The molecule has 1 aromatic rings. The molecule has 0 aromatic heterocycles. The SMILES string of the molecule is Cc1ccc(N(N)C(=O)C2CCCC2)cc1. The summed E-state index contributed by atoms with van der Waals surface area (Å²) in [6.07, 6.45) is 4.27. The summed E-state index contributed by atoms with van der Waals surface area (Å²) in [5.41, 5.74) is 1.95. The Labute approximate surface area is 96.2 Å². The number of anilines is 1. The van der Waals surface area contributed by atoms with Crippen molar-refractivity contribution in [3.8, 4) is 0 Å². The van der Waals surface area contributed by atoms with Gasteiger partial charge in [0.1, 0.15) is 0 Å². The third-order valence-electron chi connectivity index (χ3n) is 3.25. The molecular formula is C13H18N2O. The molecule has 0 spiro atoms. The molecular weight excluding hydrogens is 200 g/mol. The van der Waals surface area contributed by atoms with E-state index < -0.39 is 0 Å². The van der Waals surface area contributed by atoms with Crippen molar-refractivity contribution < 1.29 is 4.79 Å². The fraction of sp³-hybridized carbons (Fsp3) is 0.462. The number of amides is 1. The van der Waals surface area contributed by atoms with E-state index in [-0.39, 0.29) is 11.8 Å². The van der Waals surface area contributed by atoms with E-state index in [1.54, 1.807) is 0 Å². The molecule has 0 heterocycles. The first-order valence-corrected chi connectivity index (χ1v) is 5.84. The Hall–Kier alpha value is -1.35. The lowest BCUT2D eigenvalue weighted by Crippen LogP contribution is -2.41. The number of rotatable bonds is 2. The minimum atomic E-state index is 0.0568. The molecule has 0 saturated heterocycles. The van der Waals surface area contributed by atoms with Crippen LogP contribution < -0.4 is 10.9 Å². The lowest BCUT2D eigenvalue weighted by molar-refractivity contribution is -0.122. The minimum Gasteiger partial charge on any atom is -0.273 e. The molecule has 1 saturated carbocycles. The molecule has 1 aromatic carbocycles. The van der Waals surface area contributed by atoms with Gasteiger partial charge in [-0.3, -0.25) is 4.79 Å². The number of hydrogen-bond donors (Lipinski definition) is 1. The lowest BCUT2D eigenvalue weighted by atomic mass is 10.1. The number of aryl methyl sites for hydroxylation is 1. The van der Waals surface area contributed by atoms with E-state index in [4.69, 9.17) is 5.84 Å². The molecule has 0 aliphatic heterocycles. The molecule has 16 heavy (non-hydrogen) atoms. The highest BCUT2D eigenvalue weighted by Gasteiger charge is 2.26. The Morgan fingerprint density at radius 2 is 1.81 bits per heavy atom. The second kappa shape index (κ2) is 4.66. The van der Waals surface area contributed by atoms with Crippen LogP contribution in [0.5, 0.6) is 0 Å². The van der Waals surface area contributed by atoms with Crippen LogP contribution in [0.4, 0.5) is 5.69 Å². The summed E-state index contributed by atoms with van der Waals surface area (Å²) in [5, 5.41) is 1.30. The van der Waals surface area contributed by atoms with Gasteiger partial charge in [-0.15, -0.1) is 0 Å². The summed E-state index contributed by atoms with van der Waals surface area (Å²) in [5.74, 6) is 6.04. The molecule has 1 aliphatic carbocycles. The van der Waals surface area contributed by atoms with Gasteiger partial charge in [0.2, 0.25) is 5.91 Å². The van der Waals surface area contributed by atoms with Gasteiger partial charge in [0.25, 0.3) is 0 Å². The van der Waals surface area contributed by atoms with Gasteiger partial charge in [-0.2, -0.15) is 0 Å². The maximum atomic E-state index is 12.0. The first kappa shape index (κ1) is 11.1. The van der Waals surface area contributed by atoms with Gasteiger partial charge in [0.05, 0.1) is 5.69 Å². The van der Waals surface area contributed by atoms with Crippen LogP contribution in [0, 0.1) is 12.8 Å². The topological polar surface area (TPSA) is 46.3 Å². The molecule has 0 bridgehead atoms. The predicted molar refractivity (Wildman–Crippen MR) is 64.8 cm³/mol. The fourth-order valence-corrected chi connectivity index (χ4v) is 2.20. The summed E-state index contributed by atoms with van der Waals surface area (Å²) in [6.45, 7) is 2.02. The normalized spacial score (nSPS) is 16.4. The van der Waals surface area contributed by atoms with Crippen LogP contribution in [0.3, 0.4) is 0 Å². The summed E-state index contributed by atoms with van der Waals surface area (Å²) >= 11 is 0. The van der Waals surface area contributed by atoms with E-state index in [1.165, 1.54) is 10.6 Å². The van der Waals surface area contributed by atoms with Gasteiger partial charge in [0, 0.05) is 5.92 Å². The van der Waals surface area contributed by atoms with Crippen molar-refractivity contribution >= 4 is 11.6 Å². The molecule has 0 atom stereocenters. The molecule has 3 nitrogen and oxygen atoms in total. The molecule has 0 unspecified atom stereocenters. The molecule has 1 fully saturated rings. The number of hydrazine groups is 1. The van der Waals surface area contributed by atoms with Crippen LogP contribution in [-0.4, -0.2) is 5.91 Å². The van der Waals surface area contributed by atoms with Crippen LogP contribution in [0.15, 0.2) is 24.3 Å². The Kier molecular flexibility index (Phi) is 3.25. The van der Waals surface area contributed by atoms with E-state index in [0.29, 0.717) is 0 Å². The maximum absolute atomic E-state index is 12.0. The number of hydrogen-bond acceptors (Lipinski definition) is 2. The average molecular weight is 218 g/mol. The van der Waals surface area contributed by atoms with Crippen molar-refractivity contribution in [1.82, 2.24) is 0 Å². The van der Waals surface area contributed by atoms with Crippen molar-refractivity contribution in [3.63, 3.8) is 0 Å². The van der Waals surface area contributed by atoms with Crippen LogP contribution in [0.2, 0.25) is 0 Å². The molecule has 86 valence electrons. The number of benzene rings is 1. The zero-order chi connectivity index (χ0) is 11.5. The number of carbonyl (C=O) groups is 1. The van der Waals surface area contributed by atoms with Gasteiger partial charge in [-0.1, -0.05) is 30.5 Å².